The largest absolute Gasteiger partial charge is 1.00 e. The molecule has 0 unspecified atom stereocenters. The Morgan fingerprint density at radius 2 is 1.85 bits per heavy atom. The Kier molecular flexibility index (Phi) is 5.49. The van der Waals surface area contributed by atoms with Gasteiger partial charge in [0.05, 0.1) is 6.07 Å². The minimum Gasteiger partial charge on any atom is -1.00 e. The average Bonchev–Trinajstić information content (AvgIpc) is 2.04. The Hall–Kier alpha value is -0.150. The second kappa shape index (κ2) is 5.55. The zero-order valence-corrected chi connectivity index (χ0v) is 9.24. The third-order valence-electron chi connectivity index (χ3n) is 1.21. The number of pyridine rings is 1. The predicted octanol–water partition coefficient (Wildman–Crippen LogP) is -0.516. The number of rotatable bonds is 1. The molecule has 1 aromatic heterocycles. The van der Waals surface area contributed by atoms with Crippen molar-refractivity contribution < 1.29 is 22.1 Å². The van der Waals surface area contributed by atoms with E-state index in [2.05, 4.69) is 0 Å². The molecule has 0 aromatic carbocycles. The highest BCUT2D eigenvalue weighted by Crippen LogP contribution is 2.18. The summed E-state index contributed by atoms with van der Waals surface area (Å²) in [4.78, 5) is 0. The molecule has 0 bridgehead atoms. The number of halogens is 4. The molecule has 0 aliphatic rings. The van der Waals surface area contributed by atoms with Gasteiger partial charge in [0.15, 0.2) is 10.7 Å². The SMILES string of the molecule is Oc1cccc[n+]1C(Cl)=C(Cl)Cl.[Cl-]. The van der Waals surface area contributed by atoms with Crippen LogP contribution in [0.25, 0.3) is 5.16 Å². The Balaban J connectivity index is 0.00000144. The molecule has 0 radical (unpaired) electrons. The van der Waals surface area contributed by atoms with Gasteiger partial charge in [-0.3, -0.25) is 0 Å². The Bertz CT molecular complexity index is 322. The molecular weight excluding hydrogens is 256 g/mol. The standard InChI is InChI=1S/C7H4Cl3NO.ClH/c8-6(9)7(10)11-4-2-1-3-5(11)12;/h1-4H;1H. The molecule has 6 heteroatoms. The molecule has 13 heavy (non-hydrogen) atoms. The summed E-state index contributed by atoms with van der Waals surface area (Å²) in [5.74, 6) is -0.0266. The van der Waals surface area contributed by atoms with Crippen molar-refractivity contribution >= 4 is 40.0 Å². The Morgan fingerprint density at radius 1 is 1.23 bits per heavy atom. The first kappa shape index (κ1) is 12.8. The second-order valence-corrected chi connectivity index (χ2v) is 3.29. The van der Waals surface area contributed by atoms with Crippen molar-refractivity contribution in [3.63, 3.8) is 0 Å². The fourth-order valence-electron chi connectivity index (χ4n) is 0.691. The van der Waals surface area contributed by atoms with Crippen LogP contribution in [0.4, 0.5) is 0 Å². The predicted molar refractivity (Wildman–Crippen MR) is 49.1 cm³/mol. The highest BCUT2D eigenvalue weighted by Gasteiger charge is 2.15. The molecule has 1 rings (SSSR count). The van der Waals surface area contributed by atoms with Crippen molar-refractivity contribution in [1.29, 1.82) is 0 Å². The summed E-state index contributed by atoms with van der Waals surface area (Å²) in [6, 6.07) is 4.83. The van der Waals surface area contributed by atoms with E-state index >= 15 is 0 Å². The number of nitrogens with zero attached hydrogens (tertiary/aromatic N) is 1. The minimum absolute atomic E-state index is 0. The van der Waals surface area contributed by atoms with E-state index < -0.39 is 0 Å². The van der Waals surface area contributed by atoms with Crippen LogP contribution in [0.5, 0.6) is 5.88 Å². The lowest BCUT2D eigenvalue weighted by molar-refractivity contribution is -0.583. The Labute approximate surface area is 96.8 Å². The maximum absolute atomic E-state index is 9.26. The van der Waals surface area contributed by atoms with E-state index in [9.17, 15) is 5.11 Å². The van der Waals surface area contributed by atoms with Gasteiger partial charge in [0, 0.05) is 6.07 Å². The van der Waals surface area contributed by atoms with E-state index in [-0.39, 0.29) is 27.9 Å². The maximum atomic E-state index is 9.26. The number of aromatic hydroxyl groups is 1. The van der Waals surface area contributed by atoms with Gasteiger partial charge in [0.1, 0.15) is 0 Å². The van der Waals surface area contributed by atoms with Crippen molar-refractivity contribution in [1.82, 2.24) is 0 Å². The van der Waals surface area contributed by atoms with Gasteiger partial charge in [-0.15, -0.1) is 4.57 Å². The van der Waals surface area contributed by atoms with Gasteiger partial charge in [-0.2, -0.15) is 0 Å². The Morgan fingerprint density at radius 3 is 2.31 bits per heavy atom. The third-order valence-corrected chi connectivity index (χ3v) is 2.13. The molecule has 0 spiro atoms. The molecule has 1 aromatic rings. The molecule has 2 nitrogen and oxygen atoms in total. The van der Waals surface area contributed by atoms with Gasteiger partial charge >= 0.3 is 11.0 Å². The van der Waals surface area contributed by atoms with Crippen molar-refractivity contribution in [3.8, 4) is 5.88 Å². The van der Waals surface area contributed by atoms with Gasteiger partial charge < -0.3 is 17.5 Å². The summed E-state index contributed by atoms with van der Waals surface area (Å²) in [7, 11) is 0. The molecule has 0 amide bonds. The van der Waals surface area contributed by atoms with Crippen molar-refractivity contribution in [3.05, 3.63) is 28.9 Å². The molecule has 0 saturated heterocycles. The molecule has 1 heterocycles. The van der Waals surface area contributed by atoms with Crippen LogP contribution in [0.15, 0.2) is 28.9 Å². The summed E-state index contributed by atoms with van der Waals surface area (Å²) >= 11 is 16.5. The smallest absolute Gasteiger partial charge is 0.372 e. The second-order valence-electron chi connectivity index (χ2n) is 1.98. The van der Waals surface area contributed by atoms with E-state index in [4.69, 9.17) is 34.8 Å². The van der Waals surface area contributed by atoms with E-state index in [0.717, 1.165) is 0 Å². The van der Waals surface area contributed by atoms with Crippen LogP contribution >= 0.6 is 34.8 Å². The van der Waals surface area contributed by atoms with Crippen LogP contribution in [0.2, 0.25) is 0 Å². The quantitative estimate of drug-likeness (QED) is 0.676. The van der Waals surface area contributed by atoms with Gasteiger partial charge in [0.25, 0.3) is 0 Å². The first-order valence-electron chi connectivity index (χ1n) is 3.03. The van der Waals surface area contributed by atoms with E-state index in [0.29, 0.717) is 0 Å². The molecule has 0 saturated carbocycles. The third kappa shape index (κ3) is 3.24. The minimum atomic E-state index is -0.0943. The summed E-state index contributed by atoms with van der Waals surface area (Å²) in [6.07, 6.45) is 1.54. The first-order valence-corrected chi connectivity index (χ1v) is 4.17. The topological polar surface area (TPSA) is 24.1 Å². The van der Waals surface area contributed by atoms with Gasteiger partial charge in [0.2, 0.25) is 0 Å². The maximum Gasteiger partial charge on any atom is 0.372 e. The summed E-state index contributed by atoms with van der Waals surface area (Å²) in [5, 5.41) is 9.32. The van der Waals surface area contributed by atoms with Crippen LogP contribution in [-0.4, -0.2) is 5.11 Å². The molecule has 0 aliphatic carbocycles. The van der Waals surface area contributed by atoms with Crippen molar-refractivity contribution in [2.24, 2.45) is 0 Å². The summed E-state index contributed by atoms with van der Waals surface area (Å²) in [6.45, 7) is 0. The fraction of sp³-hybridized carbons (Fsp3) is 0. The van der Waals surface area contributed by atoms with Gasteiger partial charge in [-0.25, -0.2) is 0 Å². The van der Waals surface area contributed by atoms with Crippen molar-refractivity contribution in [2.45, 2.75) is 0 Å². The van der Waals surface area contributed by atoms with Gasteiger partial charge in [-0.1, -0.05) is 23.2 Å². The van der Waals surface area contributed by atoms with Gasteiger partial charge in [-0.05, 0) is 17.7 Å². The van der Waals surface area contributed by atoms with E-state index in [1.165, 1.54) is 10.6 Å². The molecule has 0 fully saturated rings. The zero-order chi connectivity index (χ0) is 9.14. The van der Waals surface area contributed by atoms with Crippen molar-refractivity contribution in [2.75, 3.05) is 0 Å². The molecule has 0 aliphatic heterocycles. The highest BCUT2D eigenvalue weighted by atomic mass is 35.5. The van der Waals surface area contributed by atoms with Crippen LogP contribution in [0, 0.1) is 0 Å². The molecular formula is C7H5Cl4NO. The number of hydrogen-bond acceptors (Lipinski definition) is 1. The molecule has 1 N–H and O–H groups in total. The monoisotopic (exact) mass is 259 g/mol. The lowest BCUT2D eigenvalue weighted by Gasteiger charge is -1.93. The fourth-order valence-corrected chi connectivity index (χ4v) is 1.02. The first-order chi connectivity index (χ1) is 5.63. The van der Waals surface area contributed by atoms with Crippen LogP contribution < -0.4 is 17.0 Å². The summed E-state index contributed by atoms with van der Waals surface area (Å²) in [5.41, 5.74) is 0. The number of aromatic nitrogens is 1. The normalized spacial score (nSPS) is 8.85. The molecule has 0 atom stereocenters. The van der Waals surface area contributed by atoms with Crippen LogP contribution in [0.1, 0.15) is 0 Å². The van der Waals surface area contributed by atoms with Crippen LogP contribution in [-0.2, 0) is 0 Å². The lowest BCUT2D eigenvalue weighted by atomic mass is 10.5. The molecule has 72 valence electrons. The lowest BCUT2D eigenvalue weighted by Crippen LogP contribution is -3.00. The summed E-state index contributed by atoms with van der Waals surface area (Å²) < 4.78 is 1.17. The highest BCUT2D eigenvalue weighted by molar-refractivity contribution is 6.64. The van der Waals surface area contributed by atoms with E-state index in [1.807, 2.05) is 0 Å². The zero-order valence-electron chi connectivity index (χ0n) is 6.22. The van der Waals surface area contributed by atoms with Crippen LogP contribution in [0.3, 0.4) is 0 Å². The number of hydrogen-bond donors (Lipinski definition) is 1. The average molecular weight is 261 g/mol. The van der Waals surface area contributed by atoms with E-state index in [1.54, 1.807) is 18.3 Å².